The Balaban J connectivity index is 1.27. The maximum atomic E-state index is 12.9. The Morgan fingerprint density at radius 2 is 1.79 bits per heavy atom. The first kappa shape index (κ1) is 18.4. The minimum absolute atomic E-state index is 0.193. The number of aromatic nitrogens is 2. The molecule has 1 aromatic heterocycles. The second-order valence-corrected chi connectivity index (χ2v) is 8.53. The molecule has 2 aliphatic heterocycles. The molecule has 0 aliphatic carbocycles. The van der Waals surface area contributed by atoms with Gasteiger partial charge in [-0.2, -0.15) is 0 Å². The van der Waals surface area contributed by atoms with E-state index >= 15 is 0 Å². The molecule has 6 nitrogen and oxygen atoms in total. The topological polar surface area (TPSA) is 58.4 Å². The zero-order chi connectivity index (χ0) is 19.8. The lowest BCUT2D eigenvalue weighted by molar-refractivity contribution is 0.0625. The molecule has 3 heterocycles. The van der Waals surface area contributed by atoms with Gasteiger partial charge in [-0.15, -0.1) is 0 Å². The maximum absolute atomic E-state index is 12.9. The van der Waals surface area contributed by atoms with Crippen LogP contribution in [0.5, 0.6) is 0 Å². The quantitative estimate of drug-likeness (QED) is 0.626. The third-order valence-electron chi connectivity index (χ3n) is 5.72. The van der Waals surface area contributed by atoms with E-state index in [2.05, 4.69) is 52.3 Å². The molecule has 0 unspecified atom stereocenters. The summed E-state index contributed by atoms with van der Waals surface area (Å²) in [5.74, 6) is 0.645. The van der Waals surface area contributed by atoms with Crippen LogP contribution in [-0.4, -0.2) is 57.2 Å². The van der Waals surface area contributed by atoms with Gasteiger partial charge < -0.3 is 4.90 Å². The minimum Gasteiger partial charge on any atom is -0.336 e. The maximum Gasteiger partial charge on any atom is 0.267 e. The Morgan fingerprint density at radius 3 is 2.66 bits per heavy atom. The van der Waals surface area contributed by atoms with Crippen LogP contribution in [0.2, 0.25) is 0 Å². The molecule has 0 atom stereocenters. The molecule has 2 aromatic carbocycles. The average molecular weight is 407 g/mol. The van der Waals surface area contributed by atoms with Crippen LogP contribution in [0.15, 0.2) is 58.6 Å². The highest BCUT2D eigenvalue weighted by atomic mass is 32.2. The molecule has 29 heavy (non-hydrogen) atoms. The number of rotatable bonds is 3. The molecule has 5 rings (SSSR count). The Morgan fingerprint density at radius 1 is 1.00 bits per heavy atom. The average Bonchev–Trinajstić information content (AvgIpc) is 3.24. The number of benzene rings is 2. The second kappa shape index (κ2) is 7.65. The van der Waals surface area contributed by atoms with Crippen LogP contribution in [0.3, 0.4) is 0 Å². The molecule has 0 spiro atoms. The van der Waals surface area contributed by atoms with Crippen LogP contribution in [0.25, 0.3) is 10.8 Å². The third kappa shape index (κ3) is 3.45. The van der Waals surface area contributed by atoms with E-state index in [4.69, 9.17) is 0 Å². The van der Waals surface area contributed by atoms with Crippen molar-refractivity contribution in [2.75, 3.05) is 31.9 Å². The van der Waals surface area contributed by atoms with Crippen molar-refractivity contribution >= 4 is 28.4 Å². The summed E-state index contributed by atoms with van der Waals surface area (Å²) in [4.78, 5) is 34.0. The molecule has 2 aliphatic rings. The Bertz CT molecular complexity index is 1130. The minimum atomic E-state index is -0.205. The van der Waals surface area contributed by atoms with Gasteiger partial charge in [0.05, 0.1) is 0 Å². The Labute approximate surface area is 173 Å². The number of piperazine rings is 1. The van der Waals surface area contributed by atoms with Gasteiger partial charge in [-0.1, -0.05) is 54.2 Å². The van der Waals surface area contributed by atoms with E-state index in [-0.39, 0.29) is 17.0 Å². The summed E-state index contributed by atoms with van der Waals surface area (Å²) >= 11 is 1.56. The van der Waals surface area contributed by atoms with Crippen LogP contribution in [0.1, 0.15) is 15.9 Å². The number of carbonyl (C=O) groups is 1. The molecule has 7 heteroatoms. The van der Waals surface area contributed by atoms with Gasteiger partial charge in [0.15, 0.2) is 5.16 Å². The van der Waals surface area contributed by atoms with Crippen molar-refractivity contribution < 1.29 is 4.79 Å². The van der Waals surface area contributed by atoms with E-state index in [0.29, 0.717) is 24.8 Å². The highest BCUT2D eigenvalue weighted by Crippen LogP contribution is 2.22. The number of fused-ring (bicyclic) bond motifs is 2. The number of nitrogens with zero attached hydrogens (tertiary/aromatic N) is 4. The van der Waals surface area contributed by atoms with Gasteiger partial charge in [0, 0.05) is 51.2 Å². The molecule has 1 fully saturated rings. The van der Waals surface area contributed by atoms with Gasteiger partial charge in [-0.05, 0) is 16.3 Å². The summed E-state index contributed by atoms with van der Waals surface area (Å²) in [5.41, 5.74) is 1.29. The summed E-state index contributed by atoms with van der Waals surface area (Å²) < 4.78 is 1.62. The summed E-state index contributed by atoms with van der Waals surface area (Å²) in [6.45, 7) is 4.34. The van der Waals surface area contributed by atoms with Crippen molar-refractivity contribution in [2.45, 2.75) is 18.2 Å². The molecule has 0 radical (unpaired) electrons. The van der Waals surface area contributed by atoms with E-state index in [1.165, 1.54) is 22.5 Å². The molecule has 3 aromatic rings. The number of hydrogen-bond donors (Lipinski definition) is 0. The lowest BCUT2D eigenvalue weighted by atomic mass is 10.0. The van der Waals surface area contributed by atoms with Crippen LogP contribution in [-0.2, 0) is 13.1 Å². The van der Waals surface area contributed by atoms with E-state index < -0.39 is 0 Å². The summed E-state index contributed by atoms with van der Waals surface area (Å²) in [6, 6.07) is 14.8. The Hall–Kier alpha value is -2.64. The van der Waals surface area contributed by atoms with Gasteiger partial charge in [-0.25, -0.2) is 4.98 Å². The van der Waals surface area contributed by atoms with Gasteiger partial charge in [0.1, 0.15) is 5.56 Å². The van der Waals surface area contributed by atoms with Crippen LogP contribution >= 0.6 is 11.8 Å². The molecule has 0 saturated carbocycles. The fourth-order valence-electron chi connectivity index (χ4n) is 4.11. The molecule has 0 bridgehead atoms. The highest BCUT2D eigenvalue weighted by Gasteiger charge is 2.26. The van der Waals surface area contributed by atoms with Crippen molar-refractivity contribution in [3.8, 4) is 0 Å². The van der Waals surface area contributed by atoms with E-state index in [0.717, 1.165) is 25.4 Å². The van der Waals surface area contributed by atoms with Gasteiger partial charge in [0.2, 0.25) is 0 Å². The third-order valence-corrected chi connectivity index (χ3v) is 6.69. The first-order valence-corrected chi connectivity index (χ1v) is 10.9. The molecule has 148 valence electrons. The first-order valence-electron chi connectivity index (χ1n) is 9.91. The molecule has 1 saturated heterocycles. The highest BCUT2D eigenvalue weighted by molar-refractivity contribution is 7.99. The number of thioether (sulfide) groups is 1. The lowest BCUT2D eigenvalue weighted by Crippen LogP contribution is -2.49. The van der Waals surface area contributed by atoms with Gasteiger partial charge in [-0.3, -0.25) is 19.1 Å². The van der Waals surface area contributed by atoms with Gasteiger partial charge >= 0.3 is 0 Å². The van der Waals surface area contributed by atoms with Crippen LogP contribution < -0.4 is 5.56 Å². The smallest absolute Gasteiger partial charge is 0.267 e. The molecular formula is C22H22N4O2S. The van der Waals surface area contributed by atoms with Gasteiger partial charge in [0.25, 0.3) is 11.5 Å². The second-order valence-electron chi connectivity index (χ2n) is 7.47. The van der Waals surface area contributed by atoms with Crippen molar-refractivity contribution in [3.63, 3.8) is 0 Å². The molecular weight excluding hydrogens is 384 g/mol. The van der Waals surface area contributed by atoms with Crippen LogP contribution in [0.4, 0.5) is 0 Å². The Kier molecular flexibility index (Phi) is 4.85. The van der Waals surface area contributed by atoms with Crippen molar-refractivity contribution in [1.29, 1.82) is 0 Å². The standard InChI is InChI=1S/C22H22N4O2S/c27-20(19-14-23-22-26(21(19)28)12-13-29-22)25-10-8-24(9-11-25)15-17-6-3-5-16-4-1-2-7-18(16)17/h1-7,14H,8-13,15H2. The largest absolute Gasteiger partial charge is 0.336 e. The zero-order valence-corrected chi connectivity index (χ0v) is 16.9. The normalized spacial score (nSPS) is 16.9. The lowest BCUT2D eigenvalue weighted by Gasteiger charge is -2.34. The molecule has 1 amide bonds. The number of amides is 1. The predicted octanol–water partition coefficient (Wildman–Crippen LogP) is 2.46. The van der Waals surface area contributed by atoms with Crippen LogP contribution in [0, 0.1) is 0 Å². The zero-order valence-electron chi connectivity index (χ0n) is 16.1. The van der Waals surface area contributed by atoms with E-state index in [1.54, 1.807) is 21.2 Å². The van der Waals surface area contributed by atoms with Crippen molar-refractivity contribution in [2.24, 2.45) is 0 Å². The number of carbonyl (C=O) groups excluding carboxylic acids is 1. The fraction of sp³-hybridized carbons (Fsp3) is 0.318. The molecule has 0 N–H and O–H groups in total. The van der Waals surface area contributed by atoms with Crippen molar-refractivity contribution in [1.82, 2.24) is 19.4 Å². The summed E-state index contributed by atoms with van der Waals surface area (Å²) in [6.07, 6.45) is 1.46. The summed E-state index contributed by atoms with van der Waals surface area (Å²) in [5, 5.41) is 3.25. The van der Waals surface area contributed by atoms with E-state index in [1.807, 2.05) is 0 Å². The van der Waals surface area contributed by atoms with E-state index in [9.17, 15) is 9.59 Å². The fourth-order valence-corrected chi connectivity index (χ4v) is 5.03. The predicted molar refractivity (Wildman–Crippen MR) is 114 cm³/mol. The SMILES string of the molecule is O=C(c1cnc2n(c1=O)CCS2)N1CCN(Cc2cccc3ccccc23)CC1. The first-order chi connectivity index (χ1) is 14.2. The monoisotopic (exact) mass is 406 g/mol. The van der Waals surface area contributed by atoms with Crippen molar-refractivity contribution in [3.05, 3.63) is 70.1 Å². The summed E-state index contributed by atoms with van der Waals surface area (Å²) in [7, 11) is 0. The number of hydrogen-bond acceptors (Lipinski definition) is 5.